The van der Waals surface area contributed by atoms with E-state index >= 15 is 0 Å². The van der Waals surface area contributed by atoms with Crippen LogP contribution >= 0.6 is 27.3 Å². The summed E-state index contributed by atoms with van der Waals surface area (Å²) in [5.74, 6) is 0. The molecule has 1 aromatic carbocycles. The predicted molar refractivity (Wildman–Crippen MR) is 95.8 cm³/mol. The maximum atomic E-state index is 3.61. The number of halogens is 1. The molecule has 0 saturated carbocycles. The van der Waals surface area contributed by atoms with Gasteiger partial charge in [-0.2, -0.15) is 0 Å². The Hall–Kier alpha value is -0.680. The Morgan fingerprint density at radius 1 is 1.19 bits per heavy atom. The quantitative estimate of drug-likeness (QED) is 0.729. The van der Waals surface area contributed by atoms with E-state index in [1.807, 2.05) is 0 Å². The summed E-state index contributed by atoms with van der Waals surface area (Å²) in [5.41, 5.74) is 2.73. The van der Waals surface area contributed by atoms with Crippen LogP contribution in [0, 0.1) is 0 Å². The molecule has 114 valence electrons. The molecule has 1 heterocycles. The minimum absolute atomic E-state index is 0.434. The van der Waals surface area contributed by atoms with Crippen molar-refractivity contribution < 1.29 is 0 Å². The van der Waals surface area contributed by atoms with Gasteiger partial charge in [-0.05, 0) is 51.6 Å². The van der Waals surface area contributed by atoms with E-state index in [1.165, 1.54) is 14.9 Å². The summed E-state index contributed by atoms with van der Waals surface area (Å²) in [6, 6.07) is 13.4. The predicted octanol–water partition coefficient (Wildman–Crippen LogP) is 4.68. The van der Waals surface area contributed by atoms with Gasteiger partial charge in [-0.1, -0.05) is 44.2 Å². The summed E-state index contributed by atoms with van der Waals surface area (Å²) in [5, 5.41) is 5.81. The molecular weight excluding hydrogens is 344 g/mol. The van der Waals surface area contributed by atoms with Gasteiger partial charge < -0.3 is 5.32 Å². The lowest BCUT2D eigenvalue weighted by Gasteiger charge is -2.30. The fourth-order valence-corrected chi connectivity index (χ4v) is 3.80. The first kappa shape index (κ1) is 16.7. The maximum Gasteiger partial charge on any atom is 0.0701 e. The summed E-state index contributed by atoms with van der Waals surface area (Å²) in [6.07, 6.45) is 0. The van der Waals surface area contributed by atoms with Crippen LogP contribution in [0.5, 0.6) is 0 Å². The standard InChI is InChI=1S/C17H23BrN2S/c1-3-20(4-2)16(15-8-6-5-7-9-15)12-19-11-14-10-17(18)21-13-14/h5-10,13,16,19H,3-4,11-12H2,1-2H3. The molecule has 0 fully saturated rings. The highest BCUT2D eigenvalue weighted by Gasteiger charge is 2.17. The van der Waals surface area contributed by atoms with Gasteiger partial charge in [0, 0.05) is 19.1 Å². The van der Waals surface area contributed by atoms with Crippen LogP contribution in [0.15, 0.2) is 45.6 Å². The molecule has 1 N–H and O–H groups in total. The number of nitrogens with zero attached hydrogens (tertiary/aromatic N) is 1. The Balaban J connectivity index is 1.99. The number of hydrogen-bond acceptors (Lipinski definition) is 3. The average molecular weight is 367 g/mol. The Morgan fingerprint density at radius 3 is 2.48 bits per heavy atom. The first-order valence-electron chi connectivity index (χ1n) is 7.47. The minimum Gasteiger partial charge on any atom is -0.311 e. The van der Waals surface area contributed by atoms with Gasteiger partial charge in [-0.25, -0.2) is 0 Å². The molecule has 0 aliphatic heterocycles. The van der Waals surface area contributed by atoms with Gasteiger partial charge in [0.05, 0.1) is 3.79 Å². The lowest BCUT2D eigenvalue weighted by atomic mass is 10.1. The van der Waals surface area contributed by atoms with Crippen molar-refractivity contribution in [3.05, 3.63) is 56.7 Å². The van der Waals surface area contributed by atoms with E-state index in [1.54, 1.807) is 11.3 Å². The van der Waals surface area contributed by atoms with Gasteiger partial charge >= 0.3 is 0 Å². The fraction of sp³-hybridized carbons (Fsp3) is 0.412. The van der Waals surface area contributed by atoms with Crippen molar-refractivity contribution in [2.24, 2.45) is 0 Å². The number of likely N-dealkylation sites (N-methyl/N-ethyl adjacent to an activating group) is 1. The van der Waals surface area contributed by atoms with Crippen molar-refractivity contribution in [1.82, 2.24) is 10.2 Å². The summed E-state index contributed by atoms with van der Waals surface area (Å²) < 4.78 is 1.20. The molecular formula is C17H23BrN2S. The molecule has 0 aliphatic rings. The van der Waals surface area contributed by atoms with Crippen molar-refractivity contribution in [2.75, 3.05) is 19.6 Å². The molecule has 0 bridgehead atoms. The van der Waals surface area contributed by atoms with Crippen LogP contribution in [0.2, 0.25) is 0 Å². The topological polar surface area (TPSA) is 15.3 Å². The second-order valence-electron chi connectivity index (χ2n) is 5.04. The van der Waals surface area contributed by atoms with Crippen LogP contribution in [0.3, 0.4) is 0 Å². The van der Waals surface area contributed by atoms with Crippen LogP contribution < -0.4 is 5.32 Å². The number of hydrogen-bond donors (Lipinski definition) is 1. The summed E-state index contributed by atoms with van der Waals surface area (Å²) >= 11 is 5.26. The van der Waals surface area contributed by atoms with Gasteiger partial charge in [0.25, 0.3) is 0 Å². The van der Waals surface area contributed by atoms with E-state index in [0.717, 1.165) is 26.2 Å². The van der Waals surface area contributed by atoms with E-state index < -0.39 is 0 Å². The van der Waals surface area contributed by atoms with Gasteiger partial charge in [0.1, 0.15) is 0 Å². The summed E-state index contributed by atoms with van der Waals surface area (Å²) in [4.78, 5) is 2.51. The first-order valence-corrected chi connectivity index (χ1v) is 9.14. The zero-order chi connectivity index (χ0) is 15.1. The third-order valence-electron chi connectivity index (χ3n) is 3.73. The van der Waals surface area contributed by atoms with E-state index in [9.17, 15) is 0 Å². The van der Waals surface area contributed by atoms with Crippen molar-refractivity contribution in [3.63, 3.8) is 0 Å². The third kappa shape index (κ3) is 4.92. The van der Waals surface area contributed by atoms with Gasteiger partial charge in [-0.15, -0.1) is 11.3 Å². The van der Waals surface area contributed by atoms with Crippen molar-refractivity contribution in [2.45, 2.75) is 26.4 Å². The van der Waals surface area contributed by atoms with E-state index in [2.05, 4.69) is 81.8 Å². The van der Waals surface area contributed by atoms with E-state index in [0.29, 0.717) is 6.04 Å². The van der Waals surface area contributed by atoms with Crippen LogP contribution in [0.25, 0.3) is 0 Å². The highest BCUT2D eigenvalue weighted by atomic mass is 79.9. The molecule has 4 heteroatoms. The van der Waals surface area contributed by atoms with Crippen LogP contribution in [-0.2, 0) is 6.54 Å². The molecule has 1 aromatic heterocycles. The largest absolute Gasteiger partial charge is 0.311 e. The lowest BCUT2D eigenvalue weighted by Crippen LogP contribution is -2.35. The molecule has 0 spiro atoms. The molecule has 0 aliphatic carbocycles. The molecule has 1 atom stereocenters. The molecule has 0 amide bonds. The maximum absolute atomic E-state index is 3.61. The normalized spacial score (nSPS) is 12.8. The smallest absolute Gasteiger partial charge is 0.0701 e. The zero-order valence-corrected chi connectivity index (χ0v) is 15.1. The van der Waals surface area contributed by atoms with E-state index in [-0.39, 0.29) is 0 Å². The molecule has 2 rings (SSSR count). The Labute approximate surface area is 140 Å². The SMILES string of the molecule is CCN(CC)C(CNCc1csc(Br)c1)c1ccccc1. The van der Waals surface area contributed by atoms with Crippen molar-refractivity contribution in [3.8, 4) is 0 Å². The minimum atomic E-state index is 0.434. The zero-order valence-electron chi connectivity index (χ0n) is 12.7. The Kier molecular flexibility index (Phi) is 6.90. The van der Waals surface area contributed by atoms with Gasteiger partial charge in [-0.3, -0.25) is 4.90 Å². The average Bonchev–Trinajstić information content (AvgIpc) is 2.93. The molecule has 0 saturated heterocycles. The molecule has 1 unspecified atom stereocenters. The monoisotopic (exact) mass is 366 g/mol. The van der Waals surface area contributed by atoms with Gasteiger partial charge in [0.15, 0.2) is 0 Å². The first-order chi connectivity index (χ1) is 10.2. The number of benzene rings is 1. The lowest BCUT2D eigenvalue weighted by molar-refractivity contribution is 0.213. The summed E-state index contributed by atoms with van der Waals surface area (Å²) in [6.45, 7) is 8.50. The highest BCUT2D eigenvalue weighted by Crippen LogP contribution is 2.22. The molecule has 0 radical (unpaired) electrons. The Bertz CT molecular complexity index is 523. The van der Waals surface area contributed by atoms with Crippen molar-refractivity contribution in [1.29, 1.82) is 0 Å². The second-order valence-corrected chi connectivity index (χ2v) is 7.33. The van der Waals surface area contributed by atoms with Crippen LogP contribution in [0.4, 0.5) is 0 Å². The molecule has 2 aromatic rings. The van der Waals surface area contributed by atoms with Crippen LogP contribution in [-0.4, -0.2) is 24.5 Å². The second kappa shape index (κ2) is 8.69. The number of rotatable bonds is 8. The van der Waals surface area contributed by atoms with Crippen molar-refractivity contribution >= 4 is 27.3 Å². The van der Waals surface area contributed by atoms with Gasteiger partial charge in [0.2, 0.25) is 0 Å². The number of thiophene rings is 1. The fourth-order valence-electron chi connectivity index (χ4n) is 2.59. The third-order valence-corrected chi connectivity index (χ3v) is 5.28. The molecule has 21 heavy (non-hydrogen) atoms. The number of nitrogens with one attached hydrogen (secondary N) is 1. The summed E-state index contributed by atoms with van der Waals surface area (Å²) in [7, 11) is 0. The highest BCUT2D eigenvalue weighted by molar-refractivity contribution is 9.11. The molecule has 2 nitrogen and oxygen atoms in total. The van der Waals surface area contributed by atoms with E-state index in [4.69, 9.17) is 0 Å². The van der Waals surface area contributed by atoms with Crippen LogP contribution in [0.1, 0.15) is 31.0 Å². The Morgan fingerprint density at radius 2 is 1.90 bits per heavy atom.